The van der Waals surface area contributed by atoms with Crippen molar-refractivity contribution < 1.29 is 19.0 Å². The SMILES string of the molecule is COc1cc(Nc2nccc(C(=O)N3CCN(C)CC3)n2)cc(OC)c1OC. The Labute approximate surface area is 164 Å². The van der Waals surface area contributed by atoms with Crippen molar-refractivity contribution in [3.8, 4) is 17.2 Å². The molecule has 0 spiro atoms. The summed E-state index contributed by atoms with van der Waals surface area (Å²) in [6, 6.07) is 5.13. The summed E-state index contributed by atoms with van der Waals surface area (Å²) in [4.78, 5) is 25.3. The lowest BCUT2D eigenvalue weighted by atomic mass is 10.2. The molecule has 0 aliphatic carbocycles. The number of amides is 1. The van der Waals surface area contributed by atoms with E-state index in [1.807, 2.05) is 11.9 Å². The third-order valence-electron chi connectivity index (χ3n) is 4.59. The minimum absolute atomic E-state index is 0.0940. The second kappa shape index (κ2) is 8.75. The zero-order valence-electron chi connectivity index (χ0n) is 16.6. The molecule has 9 nitrogen and oxygen atoms in total. The molecule has 3 rings (SSSR count). The number of likely N-dealkylation sites (N-methyl/N-ethyl adjacent to an activating group) is 1. The molecule has 1 aliphatic heterocycles. The van der Waals surface area contributed by atoms with E-state index in [-0.39, 0.29) is 5.91 Å². The van der Waals surface area contributed by atoms with E-state index < -0.39 is 0 Å². The largest absolute Gasteiger partial charge is 0.493 e. The van der Waals surface area contributed by atoms with Crippen molar-refractivity contribution in [2.24, 2.45) is 0 Å². The average molecular weight is 387 g/mol. The molecule has 1 aliphatic rings. The van der Waals surface area contributed by atoms with Gasteiger partial charge in [0, 0.05) is 50.2 Å². The van der Waals surface area contributed by atoms with Crippen LogP contribution in [0.15, 0.2) is 24.4 Å². The number of nitrogens with one attached hydrogen (secondary N) is 1. The van der Waals surface area contributed by atoms with Gasteiger partial charge in [0.2, 0.25) is 11.7 Å². The Morgan fingerprint density at radius 2 is 1.68 bits per heavy atom. The molecule has 28 heavy (non-hydrogen) atoms. The summed E-state index contributed by atoms with van der Waals surface area (Å²) in [7, 11) is 6.69. The monoisotopic (exact) mass is 387 g/mol. The van der Waals surface area contributed by atoms with E-state index in [9.17, 15) is 4.79 Å². The van der Waals surface area contributed by atoms with Gasteiger partial charge >= 0.3 is 0 Å². The Morgan fingerprint density at radius 3 is 2.25 bits per heavy atom. The molecule has 1 amide bonds. The third kappa shape index (κ3) is 4.25. The standard InChI is InChI=1S/C19H25N5O4/c1-23-7-9-24(10-8-23)18(25)14-5-6-20-19(22-14)21-13-11-15(26-2)17(28-4)16(12-13)27-3/h5-6,11-12H,7-10H2,1-4H3,(H,20,21,22). The van der Waals surface area contributed by atoms with Gasteiger partial charge in [0.05, 0.1) is 21.3 Å². The number of methoxy groups -OCH3 is 3. The maximum atomic E-state index is 12.7. The van der Waals surface area contributed by atoms with Gasteiger partial charge in [-0.2, -0.15) is 0 Å². The summed E-state index contributed by atoms with van der Waals surface area (Å²) in [5.41, 5.74) is 1.01. The topological polar surface area (TPSA) is 89.1 Å². The van der Waals surface area contributed by atoms with E-state index in [0.29, 0.717) is 47.7 Å². The first-order valence-corrected chi connectivity index (χ1v) is 8.93. The number of aromatic nitrogens is 2. The van der Waals surface area contributed by atoms with Crippen LogP contribution in [0.3, 0.4) is 0 Å². The van der Waals surface area contributed by atoms with E-state index in [1.165, 1.54) is 0 Å². The van der Waals surface area contributed by atoms with Crippen molar-refractivity contribution in [2.75, 3.05) is 59.9 Å². The summed E-state index contributed by atoms with van der Waals surface area (Å²) in [6.45, 7) is 3.09. The van der Waals surface area contributed by atoms with Gasteiger partial charge in [-0.15, -0.1) is 0 Å². The van der Waals surface area contributed by atoms with Crippen LogP contribution in [0.5, 0.6) is 17.2 Å². The summed E-state index contributed by atoms with van der Waals surface area (Å²) < 4.78 is 16.0. The Kier molecular flexibility index (Phi) is 6.15. The van der Waals surface area contributed by atoms with Crippen LogP contribution >= 0.6 is 0 Å². The summed E-state index contributed by atoms with van der Waals surface area (Å²) in [6.07, 6.45) is 1.57. The van der Waals surface area contributed by atoms with Crippen LogP contribution in [0.1, 0.15) is 10.5 Å². The Morgan fingerprint density at radius 1 is 1.04 bits per heavy atom. The fourth-order valence-corrected chi connectivity index (χ4v) is 2.99. The van der Waals surface area contributed by atoms with Crippen molar-refractivity contribution in [1.82, 2.24) is 19.8 Å². The molecule has 0 bridgehead atoms. The van der Waals surface area contributed by atoms with Gasteiger partial charge in [-0.3, -0.25) is 4.79 Å². The first-order chi connectivity index (χ1) is 13.5. The maximum absolute atomic E-state index is 12.7. The van der Waals surface area contributed by atoms with E-state index in [0.717, 1.165) is 13.1 Å². The van der Waals surface area contributed by atoms with Gasteiger partial charge in [-0.1, -0.05) is 0 Å². The number of ether oxygens (including phenoxy) is 3. The zero-order chi connectivity index (χ0) is 20.1. The second-order valence-electron chi connectivity index (χ2n) is 6.40. The lowest BCUT2D eigenvalue weighted by molar-refractivity contribution is 0.0658. The van der Waals surface area contributed by atoms with Crippen molar-refractivity contribution in [1.29, 1.82) is 0 Å². The summed E-state index contributed by atoms with van der Waals surface area (Å²) in [5, 5.41) is 3.09. The fourth-order valence-electron chi connectivity index (χ4n) is 2.99. The van der Waals surface area contributed by atoms with Gasteiger partial charge in [-0.05, 0) is 13.1 Å². The van der Waals surface area contributed by atoms with Crippen LogP contribution in [0.2, 0.25) is 0 Å². The van der Waals surface area contributed by atoms with E-state index >= 15 is 0 Å². The summed E-state index contributed by atoms with van der Waals surface area (Å²) >= 11 is 0. The van der Waals surface area contributed by atoms with Gasteiger partial charge in [0.1, 0.15) is 5.69 Å². The minimum atomic E-state index is -0.0940. The van der Waals surface area contributed by atoms with Crippen LogP contribution < -0.4 is 19.5 Å². The van der Waals surface area contributed by atoms with Gasteiger partial charge in [0.15, 0.2) is 11.5 Å². The van der Waals surface area contributed by atoms with Gasteiger partial charge < -0.3 is 29.3 Å². The molecule has 2 aromatic rings. The Bertz CT molecular complexity index is 812. The highest BCUT2D eigenvalue weighted by Gasteiger charge is 2.22. The number of anilines is 2. The number of benzene rings is 1. The molecule has 9 heteroatoms. The van der Waals surface area contributed by atoms with Crippen molar-refractivity contribution in [3.63, 3.8) is 0 Å². The zero-order valence-corrected chi connectivity index (χ0v) is 16.6. The minimum Gasteiger partial charge on any atom is -0.493 e. The molecule has 1 aromatic carbocycles. The molecule has 0 unspecified atom stereocenters. The van der Waals surface area contributed by atoms with Crippen LogP contribution in [0.4, 0.5) is 11.6 Å². The van der Waals surface area contributed by atoms with Crippen molar-refractivity contribution in [3.05, 3.63) is 30.1 Å². The number of piperazine rings is 1. The molecule has 2 heterocycles. The first-order valence-electron chi connectivity index (χ1n) is 8.93. The van der Waals surface area contributed by atoms with Crippen LogP contribution in [0, 0.1) is 0 Å². The number of hydrogen-bond acceptors (Lipinski definition) is 8. The highest BCUT2D eigenvalue weighted by Crippen LogP contribution is 2.40. The highest BCUT2D eigenvalue weighted by atomic mass is 16.5. The number of nitrogens with zero attached hydrogens (tertiary/aromatic N) is 4. The van der Waals surface area contributed by atoms with E-state index in [4.69, 9.17) is 14.2 Å². The molecule has 1 fully saturated rings. The second-order valence-corrected chi connectivity index (χ2v) is 6.40. The number of carbonyl (C=O) groups excluding carboxylic acids is 1. The van der Waals surface area contributed by atoms with Crippen LogP contribution in [-0.2, 0) is 0 Å². The Hall–Kier alpha value is -3.07. The van der Waals surface area contributed by atoms with Crippen molar-refractivity contribution in [2.45, 2.75) is 0 Å². The number of rotatable bonds is 6. The fraction of sp³-hybridized carbons (Fsp3) is 0.421. The first kappa shape index (κ1) is 19.7. The molecule has 0 saturated carbocycles. The quantitative estimate of drug-likeness (QED) is 0.800. The lowest BCUT2D eigenvalue weighted by Crippen LogP contribution is -2.47. The summed E-state index contributed by atoms with van der Waals surface area (Å²) in [5.74, 6) is 1.73. The van der Waals surface area contributed by atoms with Crippen molar-refractivity contribution >= 4 is 17.5 Å². The van der Waals surface area contributed by atoms with E-state index in [2.05, 4.69) is 20.2 Å². The lowest BCUT2D eigenvalue weighted by Gasteiger charge is -2.32. The molecule has 1 N–H and O–H groups in total. The van der Waals surface area contributed by atoms with Gasteiger partial charge in [-0.25, -0.2) is 9.97 Å². The molecule has 1 saturated heterocycles. The number of hydrogen-bond donors (Lipinski definition) is 1. The highest BCUT2D eigenvalue weighted by molar-refractivity contribution is 5.92. The molecular formula is C19H25N5O4. The molecular weight excluding hydrogens is 362 g/mol. The number of carbonyl (C=O) groups is 1. The molecule has 150 valence electrons. The smallest absolute Gasteiger partial charge is 0.272 e. The molecule has 1 aromatic heterocycles. The predicted octanol–water partition coefficient (Wildman–Crippen LogP) is 1.63. The maximum Gasteiger partial charge on any atom is 0.272 e. The average Bonchev–Trinajstić information content (AvgIpc) is 2.73. The predicted molar refractivity (Wildman–Crippen MR) is 105 cm³/mol. The van der Waals surface area contributed by atoms with Crippen LogP contribution in [-0.4, -0.2) is 80.2 Å². The molecule has 0 radical (unpaired) electrons. The van der Waals surface area contributed by atoms with Gasteiger partial charge in [0.25, 0.3) is 5.91 Å². The van der Waals surface area contributed by atoms with Crippen LogP contribution in [0.25, 0.3) is 0 Å². The Balaban J connectivity index is 1.80. The van der Waals surface area contributed by atoms with E-state index in [1.54, 1.807) is 45.7 Å². The normalized spacial score (nSPS) is 14.5. The third-order valence-corrected chi connectivity index (χ3v) is 4.59. The molecule has 0 atom stereocenters.